The van der Waals surface area contributed by atoms with Crippen LogP contribution < -0.4 is 10.6 Å². The van der Waals surface area contributed by atoms with Crippen molar-refractivity contribution in [2.45, 2.75) is 44.6 Å². The van der Waals surface area contributed by atoms with E-state index in [0.29, 0.717) is 21.7 Å². The Bertz CT molecular complexity index is 1510. The smallest absolute Gasteiger partial charge is 0.367 e. The maximum Gasteiger partial charge on any atom is 0.393 e. The summed E-state index contributed by atoms with van der Waals surface area (Å²) in [7, 11) is 1.57. The van der Waals surface area contributed by atoms with Crippen LogP contribution in [0.1, 0.15) is 29.0 Å². The first kappa shape index (κ1) is 25.9. The van der Waals surface area contributed by atoms with Gasteiger partial charge in [-0.2, -0.15) is 18.4 Å². The molecule has 1 amide bonds. The number of anilines is 1. The summed E-state index contributed by atoms with van der Waals surface area (Å²) in [6, 6.07) is 11.7. The van der Waals surface area contributed by atoms with Gasteiger partial charge in [0.25, 0.3) is 0 Å². The van der Waals surface area contributed by atoms with Crippen molar-refractivity contribution in [1.29, 1.82) is 5.26 Å². The number of alkyl halides is 3. The van der Waals surface area contributed by atoms with Crippen LogP contribution in [0.25, 0.3) is 21.1 Å². The third-order valence-corrected chi connectivity index (χ3v) is 7.79. The van der Waals surface area contributed by atoms with Crippen LogP contribution in [0.3, 0.4) is 0 Å². The molecule has 0 saturated carbocycles. The molecule has 0 unspecified atom stereocenters. The summed E-state index contributed by atoms with van der Waals surface area (Å²) in [5, 5.41) is 17.1. The molecule has 0 atom stereocenters. The summed E-state index contributed by atoms with van der Waals surface area (Å²) in [5.41, 5.74) is 2.42. The molecule has 0 bridgehead atoms. The Labute approximate surface area is 221 Å². The van der Waals surface area contributed by atoms with Gasteiger partial charge in [-0.15, -0.1) is 11.3 Å². The Hall–Kier alpha value is -3.69. The first-order chi connectivity index (χ1) is 18.2. The van der Waals surface area contributed by atoms with Gasteiger partial charge in [0.05, 0.1) is 11.8 Å². The molecule has 5 rings (SSSR count). The topological polar surface area (TPSA) is 98.9 Å². The van der Waals surface area contributed by atoms with Crippen molar-refractivity contribution in [3.8, 4) is 6.07 Å². The Balaban J connectivity index is 1.22. The molecule has 3 aromatic heterocycles. The molecule has 0 aliphatic carbocycles. The highest BCUT2D eigenvalue weighted by molar-refractivity contribution is 7.18. The molecule has 1 saturated heterocycles. The number of amides is 1. The number of carbonyl (C=O) groups excluding carboxylic acids is 1. The number of halogens is 3. The molecule has 1 aliphatic heterocycles. The van der Waals surface area contributed by atoms with E-state index in [1.165, 1.54) is 6.33 Å². The van der Waals surface area contributed by atoms with Crippen molar-refractivity contribution in [3.05, 3.63) is 52.8 Å². The third kappa shape index (κ3) is 5.74. The second-order valence-electron chi connectivity index (χ2n) is 9.43. The monoisotopic (exact) mass is 541 g/mol. The fourth-order valence-corrected chi connectivity index (χ4v) is 5.92. The highest BCUT2D eigenvalue weighted by atomic mass is 32.1. The number of piperidine rings is 1. The van der Waals surface area contributed by atoms with Gasteiger partial charge in [0.1, 0.15) is 35.3 Å². The lowest BCUT2D eigenvalue weighted by molar-refractivity contribution is -0.126. The highest BCUT2D eigenvalue weighted by Crippen LogP contribution is 2.33. The number of nitrogens with one attached hydrogen (secondary N) is 2. The average Bonchev–Trinajstić information content (AvgIpc) is 3.44. The zero-order valence-electron chi connectivity index (χ0n) is 20.7. The molecule has 4 aromatic rings. The fraction of sp³-hybridized carbons (Fsp3) is 0.385. The number of aromatic nitrogens is 3. The molecule has 8 nitrogen and oxygen atoms in total. The van der Waals surface area contributed by atoms with Crippen LogP contribution in [0.2, 0.25) is 0 Å². The van der Waals surface area contributed by atoms with Gasteiger partial charge >= 0.3 is 6.18 Å². The number of thiophene rings is 1. The minimum Gasteiger partial charge on any atom is -0.367 e. The van der Waals surface area contributed by atoms with Crippen molar-refractivity contribution in [1.82, 2.24) is 24.8 Å². The molecule has 1 fully saturated rings. The minimum absolute atomic E-state index is 0.0937. The minimum atomic E-state index is -4.26. The predicted molar refractivity (Wildman–Crippen MR) is 140 cm³/mol. The Morgan fingerprint density at radius 3 is 2.71 bits per heavy atom. The van der Waals surface area contributed by atoms with Crippen molar-refractivity contribution >= 4 is 44.2 Å². The zero-order chi connectivity index (χ0) is 26.9. The fourth-order valence-electron chi connectivity index (χ4n) is 4.90. The maximum atomic E-state index is 12.8. The number of rotatable bonds is 7. The van der Waals surface area contributed by atoms with Crippen molar-refractivity contribution in [3.63, 3.8) is 0 Å². The van der Waals surface area contributed by atoms with E-state index in [2.05, 4.69) is 37.6 Å². The molecular weight excluding hydrogens is 515 g/mol. The van der Waals surface area contributed by atoms with Crippen molar-refractivity contribution in [2.24, 2.45) is 0 Å². The van der Waals surface area contributed by atoms with Gasteiger partial charge in [-0.3, -0.25) is 9.69 Å². The first-order valence-electron chi connectivity index (χ1n) is 12.2. The first-order valence-corrected chi connectivity index (χ1v) is 13.1. The maximum absolute atomic E-state index is 12.8. The number of likely N-dealkylation sites (N-methyl/N-ethyl adjacent to an activating group) is 1. The summed E-state index contributed by atoms with van der Waals surface area (Å²) in [4.78, 5) is 23.5. The molecule has 12 heteroatoms. The number of nitrogens with zero attached hydrogens (tertiary/aromatic N) is 5. The molecule has 38 heavy (non-hydrogen) atoms. The van der Waals surface area contributed by atoms with E-state index in [-0.39, 0.29) is 23.4 Å². The van der Waals surface area contributed by atoms with E-state index >= 15 is 0 Å². The quantitative estimate of drug-likeness (QED) is 0.359. The van der Waals surface area contributed by atoms with Gasteiger partial charge in [-0.1, -0.05) is 6.07 Å². The van der Waals surface area contributed by atoms with Crippen LogP contribution in [0, 0.1) is 11.3 Å². The second-order valence-corrected chi connectivity index (χ2v) is 10.5. The van der Waals surface area contributed by atoms with E-state index in [1.54, 1.807) is 17.7 Å². The molecule has 0 radical (unpaired) electrons. The lowest BCUT2D eigenvalue weighted by atomic mass is 10.0. The van der Waals surface area contributed by atoms with E-state index in [0.717, 1.165) is 60.3 Å². The molecule has 198 valence electrons. The zero-order valence-corrected chi connectivity index (χ0v) is 21.5. The van der Waals surface area contributed by atoms with Crippen LogP contribution in [0.15, 0.2) is 36.7 Å². The summed E-state index contributed by atoms with van der Waals surface area (Å²) < 4.78 is 40.2. The van der Waals surface area contributed by atoms with Gasteiger partial charge in [0, 0.05) is 48.5 Å². The number of carbonyl (C=O) groups is 1. The van der Waals surface area contributed by atoms with Gasteiger partial charge in [0.2, 0.25) is 5.91 Å². The summed E-state index contributed by atoms with van der Waals surface area (Å²) in [6.45, 7) is 2.56. The van der Waals surface area contributed by atoms with Crippen LogP contribution in [-0.2, 0) is 24.3 Å². The lowest BCUT2D eigenvalue weighted by Crippen LogP contribution is -2.38. The molecule has 4 heterocycles. The van der Waals surface area contributed by atoms with E-state index in [9.17, 15) is 23.2 Å². The molecule has 1 aliphatic rings. The van der Waals surface area contributed by atoms with Crippen molar-refractivity contribution < 1.29 is 18.0 Å². The van der Waals surface area contributed by atoms with Crippen LogP contribution in [-0.4, -0.2) is 57.7 Å². The van der Waals surface area contributed by atoms with E-state index in [4.69, 9.17) is 0 Å². The Morgan fingerprint density at radius 1 is 1.21 bits per heavy atom. The lowest BCUT2D eigenvalue weighted by Gasteiger charge is -2.32. The van der Waals surface area contributed by atoms with Crippen molar-refractivity contribution in [2.75, 3.05) is 25.5 Å². The summed E-state index contributed by atoms with van der Waals surface area (Å²) >= 11 is 1.05. The molecule has 1 aromatic carbocycles. The van der Waals surface area contributed by atoms with Crippen LogP contribution in [0.4, 0.5) is 19.0 Å². The Morgan fingerprint density at radius 2 is 2.00 bits per heavy atom. The SMILES string of the molecule is CNC(=O)Cn1c(C#N)cc2cc(CN3CCC(Nc4ncnc5sc(CC(F)(F)F)cc45)CC3)ccc21. The number of fused-ring (bicyclic) bond motifs is 2. The van der Waals surface area contributed by atoms with Crippen LogP contribution >= 0.6 is 11.3 Å². The van der Waals surface area contributed by atoms with E-state index < -0.39 is 12.6 Å². The van der Waals surface area contributed by atoms with Gasteiger partial charge < -0.3 is 15.2 Å². The van der Waals surface area contributed by atoms with E-state index in [1.807, 2.05) is 18.2 Å². The number of benzene rings is 1. The number of hydrogen-bond donors (Lipinski definition) is 2. The second kappa shape index (κ2) is 10.6. The van der Waals surface area contributed by atoms with Gasteiger partial charge in [-0.05, 0) is 42.7 Å². The third-order valence-electron chi connectivity index (χ3n) is 6.75. The number of nitriles is 1. The predicted octanol–water partition coefficient (Wildman–Crippen LogP) is 4.44. The van der Waals surface area contributed by atoms with Gasteiger partial charge in [0.15, 0.2) is 0 Å². The normalized spacial score (nSPS) is 15.1. The highest BCUT2D eigenvalue weighted by Gasteiger charge is 2.29. The summed E-state index contributed by atoms with van der Waals surface area (Å²) in [5.74, 6) is 0.418. The largest absolute Gasteiger partial charge is 0.393 e. The standard InChI is InChI=1S/C26H26F3N7OS/c1-31-23(37)14-36-19(12-30)9-17-8-16(2-3-22(17)36)13-35-6-4-18(5-7-35)34-24-21-10-20(11-26(27,28)29)38-25(21)33-15-32-24/h2-3,8-10,15,18H,4-7,11,13-14H2,1H3,(H,31,37)(H,32,33,34). The average molecular weight is 542 g/mol. The molecular formula is C26H26F3N7OS. The summed E-state index contributed by atoms with van der Waals surface area (Å²) in [6.07, 6.45) is -2.09. The molecule has 0 spiro atoms. The molecule has 2 N–H and O–H groups in total. The van der Waals surface area contributed by atoms with Gasteiger partial charge in [-0.25, -0.2) is 9.97 Å². The number of hydrogen-bond acceptors (Lipinski definition) is 7. The van der Waals surface area contributed by atoms with Crippen LogP contribution in [0.5, 0.6) is 0 Å². The Kier molecular flexibility index (Phi) is 7.23. The number of likely N-dealkylation sites (tertiary alicyclic amines) is 1.